The van der Waals surface area contributed by atoms with Crippen LogP contribution in [0.3, 0.4) is 0 Å². The molecule has 0 aromatic heterocycles. The largest absolute Gasteiger partial charge is 0.508 e. The van der Waals surface area contributed by atoms with Gasteiger partial charge in [0.15, 0.2) is 0 Å². The number of rotatable bonds is 2. The van der Waals surface area contributed by atoms with Crippen LogP contribution in [-0.4, -0.2) is 12.3 Å². The van der Waals surface area contributed by atoms with Crippen LogP contribution >= 0.6 is 0 Å². The van der Waals surface area contributed by atoms with Crippen LogP contribution in [0.15, 0.2) is 0 Å². The molecule has 3 atom stereocenters. The Morgan fingerprint density at radius 3 is 2.50 bits per heavy atom. The Morgan fingerprint density at radius 1 is 1.38 bits per heavy atom. The summed E-state index contributed by atoms with van der Waals surface area (Å²) >= 11 is 0. The molecular weight excluding hydrogens is 204 g/mol. The third-order valence-electron chi connectivity index (χ3n) is 5.17. The van der Waals surface area contributed by atoms with Crippen molar-refractivity contribution in [1.82, 2.24) is 0 Å². The fourth-order valence-electron chi connectivity index (χ4n) is 3.55. The number of fused-ring (bicyclic) bond motifs is 2. The molecule has 2 aliphatic carbocycles. The second-order valence-corrected chi connectivity index (χ2v) is 5.82. The summed E-state index contributed by atoms with van der Waals surface area (Å²) in [5.41, 5.74) is 0.387. The monoisotopic (exact) mass is 225 g/mol. The van der Waals surface area contributed by atoms with Crippen molar-refractivity contribution in [2.45, 2.75) is 53.1 Å². The van der Waals surface area contributed by atoms with Crippen LogP contribution in [0.25, 0.3) is 0 Å². The second kappa shape index (κ2) is 3.64. The molecule has 2 saturated carbocycles. The first kappa shape index (κ1) is 11.7. The van der Waals surface area contributed by atoms with Crippen molar-refractivity contribution in [2.24, 2.45) is 16.7 Å². The molecule has 16 heavy (non-hydrogen) atoms. The van der Waals surface area contributed by atoms with Crippen molar-refractivity contribution in [1.29, 1.82) is 0 Å². The highest BCUT2D eigenvalue weighted by Gasteiger charge is 2.63. The Hall–Kier alpha value is -0.730. The first-order valence-electron chi connectivity index (χ1n) is 6.07. The normalized spacial score (nSPS) is 39.8. The third-order valence-corrected chi connectivity index (χ3v) is 5.17. The lowest BCUT2D eigenvalue weighted by atomic mass is 9.70. The Balaban J connectivity index is 2.07. The number of ether oxygens (including phenoxy) is 2. The quantitative estimate of drug-likeness (QED) is 0.674. The number of hydrogen-bond donors (Lipinski definition) is 0. The first-order chi connectivity index (χ1) is 7.41. The topological polar surface area (TPSA) is 35.5 Å². The van der Waals surface area contributed by atoms with Gasteiger partial charge in [-0.2, -0.15) is 0 Å². The summed E-state index contributed by atoms with van der Waals surface area (Å²) in [5, 5.41) is 0. The van der Waals surface area contributed by atoms with Crippen molar-refractivity contribution in [3.8, 4) is 0 Å². The van der Waals surface area contributed by atoms with Crippen LogP contribution in [-0.2, 0) is 9.47 Å². The first-order valence-corrected chi connectivity index (χ1v) is 6.07. The molecule has 0 saturated heterocycles. The molecule has 0 aromatic rings. The van der Waals surface area contributed by atoms with Gasteiger partial charge < -0.3 is 9.47 Å². The molecule has 91 valence electrons. The number of carbonyl (C=O) groups excluding carboxylic acids is 1. The van der Waals surface area contributed by atoms with Crippen molar-refractivity contribution >= 4 is 6.16 Å². The molecule has 3 unspecified atom stereocenters. The Bertz CT molecular complexity index is 298. The van der Waals surface area contributed by atoms with Crippen LogP contribution in [0.5, 0.6) is 0 Å². The summed E-state index contributed by atoms with van der Waals surface area (Å²) in [4.78, 5) is 11.4. The summed E-state index contributed by atoms with van der Waals surface area (Å²) in [6, 6.07) is 0. The molecule has 2 bridgehead atoms. The smallest absolute Gasteiger partial charge is 0.430 e. The van der Waals surface area contributed by atoms with Gasteiger partial charge in [-0.1, -0.05) is 20.8 Å². The minimum atomic E-state index is -0.558. The summed E-state index contributed by atoms with van der Waals surface area (Å²) in [5.74, 6) is 0.681. The van der Waals surface area contributed by atoms with E-state index >= 15 is 0 Å². The molecule has 0 amide bonds. The molecule has 1 radical (unpaired) electrons. The maximum absolute atomic E-state index is 11.4. The van der Waals surface area contributed by atoms with Gasteiger partial charge in [-0.15, -0.1) is 0 Å². The van der Waals surface area contributed by atoms with Gasteiger partial charge in [0.2, 0.25) is 0 Å². The van der Waals surface area contributed by atoms with Crippen LogP contribution in [0.1, 0.15) is 47.0 Å². The molecule has 0 aliphatic heterocycles. The fourth-order valence-corrected chi connectivity index (χ4v) is 3.55. The highest BCUT2D eigenvalue weighted by molar-refractivity contribution is 5.60. The standard InChI is InChI=1S/C13H21O3/c1-5-15-11(14)16-10-8-9-6-7-13(10,4)12(9,2)3/h5,9-10H,6-8H2,1-4H3. The minimum absolute atomic E-state index is 0.0219. The molecule has 0 N–H and O–H groups in total. The van der Waals surface area contributed by atoms with Gasteiger partial charge >= 0.3 is 6.16 Å². The van der Waals surface area contributed by atoms with E-state index in [9.17, 15) is 4.79 Å². The molecule has 2 fully saturated rings. The highest BCUT2D eigenvalue weighted by Crippen LogP contribution is 2.66. The lowest BCUT2D eigenvalue weighted by molar-refractivity contribution is -0.0311. The lowest BCUT2D eigenvalue weighted by Crippen LogP contribution is -2.38. The van der Waals surface area contributed by atoms with E-state index < -0.39 is 6.16 Å². The molecular formula is C13H21O3. The summed E-state index contributed by atoms with van der Waals surface area (Å²) < 4.78 is 10.2. The van der Waals surface area contributed by atoms with E-state index in [4.69, 9.17) is 9.47 Å². The van der Waals surface area contributed by atoms with Gasteiger partial charge in [-0.3, -0.25) is 0 Å². The summed E-state index contributed by atoms with van der Waals surface area (Å²) in [7, 11) is 0. The van der Waals surface area contributed by atoms with E-state index in [0.717, 1.165) is 12.8 Å². The van der Waals surface area contributed by atoms with Gasteiger partial charge in [0, 0.05) is 5.41 Å². The maximum Gasteiger partial charge on any atom is 0.508 e. The van der Waals surface area contributed by atoms with Gasteiger partial charge in [-0.05, 0) is 37.5 Å². The molecule has 3 nitrogen and oxygen atoms in total. The third kappa shape index (κ3) is 1.44. The minimum Gasteiger partial charge on any atom is -0.430 e. The Morgan fingerprint density at radius 2 is 2.06 bits per heavy atom. The fraction of sp³-hybridized carbons (Fsp3) is 0.846. The SMILES string of the molecule is C[CH]OC(=O)OC1CC2CCC1(C)C2(C)C. The van der Waals surface area contributed by atoms with Gasteiger partial charge in [0.05, 0.1) is 0 Å². The van der Waals surface area contributed by atoms with Crippen molar-refractivity contribution in [3.05, 3.63) is 6.61 Å². The van der Waals surface area contributed by atoms with E-state index in [1.165, 1.54) is 13.0 Å². The number of carbonyl (C=O) groups is 1. The van der Waals surface area contributed by atoms with Crippen LogP contribution in [0.2, 0.25) is 0 Å². The molecule has 0 aromatic carbocycles. The molecule has 3 heteroatoms. The van der Waals surface area contributed by atoms with Gasteiger partial charge in [0.25, 0.3) is 0 Å². The zero-order chi connectivity index (χ0) is 12.0. The van der Waals surface area contributed by atoms with Crippen molar-refractivity contribution < 1.29 is 14.3 Å². The number of hydrogen-bond acceptors (Lipinski definition) is 3. The Kier molecular flexibility index (Phi) is 2.67. The average molecular weight is 225 g/mol. The maximum atomic E-state index is 11.4. The zero-order valence-electron chi connectivity index (χ0n) is 10.6. The predicted molar refractivity (Wildman–Crippen MR) is 60.6 cm³/mol. The summed E-state index contributed by atoms with van der Waals surface area (Å²) in [6.45, 7) is 9.88. The van der Waals surface area contributed by atoms with E-state index in [-0.39, 0.29) is 16.9 Å². The van der Waals surface area contributed by atoms with E-state index in [2.05, 4.69) is 20.8 Å². The highest BCUT2D eigenvalue weighted by atomic mass is 16.7. The van der Waals surface area contributed by atoms with Crippen molar-refractivity contribution in [3.63, 3.8) is 0 Å². The van der Waals surface area contributed by atoms with E-state index in [1.54, 1.807) is 6.92 Å². The van der Waals surface area contributed by atoms with Gasteiger partial charge in [-0.25, -0.2) is 4.79 Å². The lowest BCUT2D eigenvalue weighted by Gasteiger charge is -2.38. The second-order valence-electron chi connectivity index (χ2n) is 5.82. The molecule has 0 heterocycles. The van der Waals surface area contributed by atoms with Gasteiger partial charge in [0.1, 0.15) is 12.7 Å². The predicted octanol–water partition coefficient (Wildman–Crippen LogP) is 3.54. The molecule has 2 aliphatic rings. The van der Waals surface area contributed by atoms with Crippen LogP contribution in [0, 0.1) is 23.4 Å². The van der Waals surface area contributed by atoms with Crippen LogP contribution < -0.4 is 0 Å². The summed E-state index contributed by atoms with van der Waals surface area (Å²) in [6.07, 6.45) is 2.87. The van der Waals surface area contributed by atoms with Crippen molar-refractivity contribution in [2.75, 3.05) is 0 Å². The molecule has 0 spiro atoms. The van der Waals surface area contributed by atoms with Crippen LogP contribution in [0.4, 0.5) is 4.79 Å². The molecule has 2 rings (SSSR count). The van der Waals surface area contributed by atoms with E-state index in [1.807, 2.05) is 0 Å². The average Bonchev–Trinajstić information content (AvgIpc) is 2.51. The Labute approximate surface area is 97.5 Å². The van der Waals surface area contributed by atoms with E-state index in [0.29, 0.717) is 5.92 Å². The zero-order valence-corrected chi connectivity index (χ0v) is 10.6.